The smallest absolute Gasteiger partial charge is 0.308 e. The molecule has 1 aromatic rings. The molecule has 21 heavy (non-hydrogen) atoms. The van der Waals surface area contributed by atoms with Crippen molar-refractivity contribution in [1.29, 1.82) is 0 Å². The fourth-order valence-corrected chi connectivity index (χ4v) is 2.47. The fraction of sp³-hybridized carbons (Fsp3) is 0.500. The van der Waals surface area contributed by atoms with Crippen LogP contribution in [0.25, 0.3) is 0 Å². The molecular weight excluding hydrogens is 276 g/mol. The Morgan fingerprint density at radius 2 is 2.33 bits per heavy atom. The van der Waals surface area contributed by atoms with Crippen molar-refractivity contribution in [2.75, 3.05) is 31.7 Å². The van der Waals surface area contributed by atoms with Crippen LogP contribution < -0.4 is 4.90 Å². The number of esters is 1. The van der Waals surface area contributed by atoms with Gasteiger partial charge in [-0.1, -0.05) is 12.1 Å². The second-order valence-electron chi connectivity index (χ2n) is 4.92. The Labute approximate surface area is 122 Å². The molecule has 1 heterocycles. The van der Waals surface area contributed by atoms with Gasteiger partial charge in [0, 0.05) is 18.7 Å². The van der Waals surface area contributed by atoms with Crippen molar-refractivity contribution in [1.82, 2.24) is 0 Å². The molecule has 2 rings (SSSR count). The van der Waals surface area contributed by atoms with Gasteiger partial charge in [-0.3, -0.25) is 14.9 Å². The monoisotopic (exact) mass is 294 g/mol. The van der Waals surface area contributed by atoms with Crippen molar-refractivity contribution in [2.24, 2.45) is 0 Å². The highest BCUT2D eigenvalue weighted by Gasteiger charge is 2.28. The van der Waals surface area contributed by atoms with Crippen LogP contribution in [0.15, 0.2) is 18.2 Å². The molecule has 7 nitrogen and oxygen atoms in total. The zero-order valence-electron chi connectivity index (χ0n) is 12.1. The molecule has 1 aromatic carbocycles. The fourth-order valence-electron chi connectivity index (χ4n) is 2.47. The van der Waals surface area contributed by atoms with E-state index in [4.69, 9.17) is 4.74 Å². The lowest BCUT2D eigenvalue weighted by atomic mass is 10.1. The summed E-state index contributed by atoms with van der Waals surface area (Å²) in [5.74, 6) is -0.347. The van der Waals surface area contributed by atoms with Gasteiger partial charge in [-0.25, -0.2) is 0 Å². The number of ether oxygens (including phenoxy) is 2. The van der Waals surface area contributed by atoms with Gasteiger partial charge in [-0.15, -0.1) is 0 Å². The minimum Gasteiger partial charge on any atom is -0.469 e. The van der Waals surface area contributed by atoms with Gasteiger partial charge in [0.25, 0.3) is 5.69 Å². The van der Waals surface area contributed by atoms with E-state index in [1.165, 1.54) is 7.11 Å². The van der Waals surface area contributed by atoms with E-state index in [9.17, 15) is 14.9 Å². The molecule has 1 aliphatic heterocycles. The maximum atomic E-state index is 11.3. The van der Waals surface area contributed by atoms with Crippen molar-refractivity contribution < 1.29 is 19.2 Å². The molecule has 0 aliphatic carbocycles. The van der Waals surface area contributed by atoms with Gasteiger partial charge in [-0.2, -0.15) is 0 Å². The number of aryl methyl sites for hydroxylation is 1. The average molecular weight is 294 g/mol. The summed E-state index contributed by atoms with van der Waals surface area (Å²) in [5, 5.41) is 11.3. The van der Waals surface area contributed by atoms with Crippen LogP contribution in [0, 0.1) is 17.0 Å². The number of rotatable bonds is 4. The molecule has 114 valence electrons. The first kappa shape index (κ1) is 15.2. The van der Waals surface area contributed by atoms with Crippen LogP contribution in [0.5, 0.6) is 0 Å². The molecule has 0 radical (unpaired) electrons. The number of para-hydroxylation sites is 1. The number of hydrogen-bond acceptors (Lipinski definition) is 6. The van der Waals surface area contributed by atoms with Crippen LogP contribution in [0.1, 0.15) is 12.0 Å². The highest BCUT2D eigenvalue weighted by molar-refractivity contribution is 5.70. The summed E-state index contributed by atoms with van der Waals surface area (Å²) < 4.78 is 10.1. The van der Waals surface area contributed by atoms with E-state index in [2.05, 4.69) is 4.74 Å². The van der Waals surface area contributed by atoms with Crippen molar-refractivity contribution in [3.8, 4) is 0 Å². The summed E-state index contributed by atoms with van der Waals surface area (Å²) in [5.41, 5.74) is 1.29. The van der Waals surface area contributed by atoms with Crippen LogP contribution in [0.2, 0.25) is 0 Å². The van der Waals surface area contributed by atoms with Gasteiger partial charge in [0.15, 0.2) is 0 Å². The van der Waals surface area contributed by atoms with Gasteiger partial charge in [-0.05, 0) is 13.0 Å². The average Bonchev–Trinajstić information content (AvgIpc) is 2.46. The molecule has 0 saturated carbocycles. The maximum Gasteiger partial charge on any atom is 0.308 e. The first-order valence-corrected chi connectivity index (χ1v) is 6.70. The molecule has 7 heteroatoms. The van der Waals surface area contributed by atoms with Gasteiger partial charge < -0.3 is 14.4 Å². The van der Waals surface area contributed by atoms with E-state index >= 15 is 0 Å². The minimum atomic E-state index is -0.366. The lowest BCUT2D eigenvalue weighted by molar-refractivity contribution is -0.384. The lowest BCUT2D eigenvalue weighted by Gasteiger charge is -2.33. The third kappa shape index (κ3) is 3.49. The second-order valence-corrected chi connectivity index (χ2v) is 4.92. The van der Waals surface area contributed by atoms with E-state index in [0.717, 1.165) is 0 Å². The van der Waals surface area contributed by atoms with E-state index in [-0.39, 0.29) is 29.1 Å². The Balaban J connectivity index is 2.20. The Morgan fingerprint density at radius 3 is 3.00 bits per heavy atom. The number of carbonyl (C=O) groups excluding carboxylic acids is 1. The van der Waals surface area contributed by atoms with Gasteiger partial charge >= 0.3 is 5.97 Å². The van der Waals surface area contributed by atoms with E-state index in [1.54, 1.807) is 25.1 Å². The first-order chi connectivity index (χ1) is 10.0. The molecule has 1 fully saturated rings. The SMILES string of the molecule is COC(=O)CC1CN(c2cccc(C)c2[N+](=O)[O-])CCO1. The molecule has 0 N–H and O–H groups in total. The summed E-state index contributed by atoms with van der Waals surface area (Å²) in [7, 11) is 1.33. The molecule has 1 atom stereocenters. The Bertz CT molecular complexity index is 546. The summed E-state index contributed by atoms with van der Waals surface area (Å²) in [6.45, 7) is 3.13. The quantitative estimate of drug-likeness (QED) is 0.477. The van der Waals surface area contributed by atoms with Crippen LogP contribution in [-0.2, 0) is 14.3 Å². The van der Waals surface area contributed by atoms with Crippen LogP contribution in [0.4, 0.5) is 11.4 Å². The highest BCUT2D eigenvalue weighted by atomic mass is 16.6. The van der Waals surface area contributed by atoms with Crippen LogP contribution in [-0.4, -0.2) is 43.8 Å². The number of nitrogens with zero attached hydrogens (tertiary/aromatic N) is 2. The standard InChI is InChI=1S/C14H18N2O5/c1-10-4-3-5-12(14(10)16(18)19)15-6-7-21-11(9-15)8-13(17)20-2/h3-5,11H,6-9H2,1-2H3. The van der Waals surface area contributed by atoms with Crippen molar-refractivity contribution >= 4 is 17.3 Å². The predicted octanol–water partition coefficient (Wildman–Crippen LogP) is 1.67. The van der Waals surface area contributed by atoms with E-state index < -0.39 is 0 Å². The van der Waals surface area contributed by atoms with Gasteiger partial charge in [0.05, 0.1) is 31.2 Å². The van der Waals surface area contributed by atoms with Gasteiger partial charge in [0.1, 0.15) is 5.69 Å². The number of hydrogen-bond donors (Lipinski definition) is 0. The highest BCUT2D eigenvalue weighted by Crippen LogP contribution is 2.32. The lowest BCUT2D eigenvalue weighted by Crippen LogP contribution is -2.43. The third-order valence-electron chi connectivity index (χ3n) is 3.50. The Morgan fingerprint density at radius 1 is 1.57 bits per heavy atom. The van der Waals surface area contributed by atoms with E-state index in [0.29, 0.717) is 30.9 Å². The third-order valence-corrected chi connectivity index (χ3v) is 3.50. The maximum absolute atomic E-state index is 11.3. The number of anilines is 1. The molecule has 1 saturated heterocycles. The van der Waals surface area contributed by atoms with Gasteiger partial charge in [0.2, 0.25) is 0 Å². The number of benzene rings is 1. The van der Waals surface area contributed by atoms with Crippen molar-refractivity contribution in [3.63, 3.8) is 0 Å². The molecule has 0 spiro atoms. The Kier molecular flexibility index (Phi) is 4.74. The molecule has 0 aromatic heterocycles. The molecule has 1 aliphatic rings. The normalized spacial score (nSPS) is 18.4. The van der Waals surface area contributed by atoms with E-state index in [1.807, 2.05) is 4.90 Å². The second kappa shape index (κ2) is 6.53. The summed E-state index contributed by atoms with van der Waals surface area (Å²) in [4.78, 5) is 24.1. The topological polar surface area (TPSA) is 81.9 Å². The van der Waals surface area contributed by atoms with Crippen molar-refractivity contribution in [3.05, 3.63) is 33.9 Å². The van der Waals surface area contributed by atoms with Crippen molar-refractivity contribution in [2.45, 2.75) is 19.4 Å². The summed E-state index contributed by atoms with van der Waals surface area (Å²) in [6, 6.07) is 5.24. The molecule has 1 unspecified atom stereocenters. The first-order valence-electron chi connectivity index (χ1n) is 6.70. The zero-order chi connectivity index (χ0) is 15.4. The predicted molar refractivity (Wildman–Crippen MR) is 76.4 cm³/mol. The number of morpholine rings is 1. The Hall–Kier alpha value is -2.15. The molecule has 0 bridgehead atoms. The van der Waals surface area contributed by atoms with Crippen LogP contribution in [0.3, 0.4) is 0 Å². The summed E-state index contributed by atoms with van der Waals surface area (Å²) >= 11 is 0. The number of nitro groups is 1. The zero-order valence-corrected chi connectivity index (χ0v) is 12.1. The van der Waals surface area contributed by atoms with Crippen LogP contribution >= 0.6 is 0 Å². The number of methoxy groups -OCH3 is 1. The largest absolute Gasteiger partial charge is 0.469 e. The number of nitro benzene ring substituents is 1. The summed E-state index contributed by atoms with van der Waals surface area (Å²) in [6.07, 6.45) is -0.168. The number of carbonyl (C=O) groups is 1. The molecule has 0 amide bonds. The minimum absolute atomic E-state index is 0.108. The molecular formula is C14H18N2O5.